The molecule has 2 aromatic rings. The zero-order chi connectivity index (χ0) is 45.6. The zero-order valence-corrected chi connectivity index (χ0v) is 37.4. The average molecular weight is 960 g/mol. The molecule has 1 aromatic heterocycles. The number of aliphatic hydroxyl groups excluding tert-OH is 1. The first-order chi connectivity index (χ1) is 29.7. The van der Waals surface area contributed by atoms with Crippen LogP contribution in [-0.4, -0.2) is 102 Å². The van der Waals surface area contributed by atoms with E-state index in [1.807, 2.05) is 43.8 Å². The summed E-state index contributed by atoms with van der Waals surface area (Å²) < 4.78 is 31.9. The predicted octanol–water partition coefficient (Wildman–Crippen LogP) is 3.62. The minimum Gasteiger partial charge on any atom is -0.481 e. The monoisotopic (exact) mass is 958 g/mol. The third-order valence-electron chi connectivity index (χ3n) is 14.0. The minimum atomic E-state index is -5.05. The number of fused-ring (bicyclic) bond motifs is 7. The standard InChI is InChI=1S/C43H52BrN4O14P/c1-23(24-4-7-27(8-5-24)46-39(56)31(10-11-37(54)55)47-36(53)20-45-35(52)19-44)48-15-13-25(21-48)40-61-34-17-30-29-9-6-26-16-28(49)12-14-41(26,2)38(29)32(50)18-42(30,3)43(34,62-40)33(51)22-60-63(57,58)59/h4-5,7-8,12-16,21,23,29-32,34,38,40,50H,6,9-11,17-20,22H2,1-3H3,(H,45,52)(H,46,56)(H,47,53)(H,54,55)(H2,57,58,59)/t23-,29+,30+,31+,32+,34-,38-,40-,41+,42+,43-/m1/s1. The highest BCUT2D eigenvalue weighted by molar-refractivity contribution is 9.09. The molecule has 7 rings (SSSR count). The van der Waals surface area contributed by atoms with E-state index in [-0.39, 0.29) is 54.2 Å². The summed E-state index contributed by atoms with van der Waals surface area (Å²) in [6, 6.07) is 7.23. The largest absolute Gasteiger partial charge is 0.481 e. The topological polar surface area (TPSA) is 269 Å². The molecule has 3 saturated carbocycles. The smallest absolute Gasteiger partial charge is 0.470 e. The minimum absolute atomic E-state index is 0.0185. The van der Waals surface area contributed by atoms with Gasteiger partial charge in [-0.15, -0.1) is 0 Å². The summed E-state index contributed by atoms with van der Waals surface area (Å²) in [5.74, 6) is -4.15. The number of anilines is 1. The molecule has 63 heavy (non-hydrogen) atoms. The van der Waals surface area contributed by atoms with Crippen LogP contribution in [-0.2, 0) is 47.3 Å². The van der Waals surface area contributed by atoms with Gasteiger partial charge >= 0.3 is 13.8 Å². The first-order valence-electron chi connectivity index (χ1n) is 20.8. The molecule has 5 aliphatic rings. The van der Waals surface area contributed by atoms with E-state index in [9.17, 15) is 53.3 Å². The summed E-state index contributed by atoms with van der Waals surface area (Å²) in [5, 5.41) is 28.7. The highest BCUT2D eigenvalue weighted by atomic mass is 79.9. The highest BCUT2D eigenvalue weighted by Gasteiger charge is 2.76. The Labute approximate surface area is 371 Å². The maximum Gasteiger partial charge on any atom is 0.470 e. The number of Topliss-reactive ketones (excluding diaryl/α,β-unsaturated/α-hetero) is 1. The van der Waals surface area contributed by atoms with Crippen LogP contribution in [0.5, 0.6) is 0 Å². The lowest BCUT2D eigenvalue weighted by atomic mass is 9.46. The van der Waals surface area contributed by atoms with E-state index in [2.05, 4.69) is 31.9 Å². The van der Waals surface area contributed by atoms with E-state index in [4.69, 9.17) is 14.0 Å². The number of aromatic nitrogens is 1. The van der Waals surface area contributed by atoms with Crippen LogP contribution in [0.2, 0.25) is 0 Å². The molecule has 340 valence electrons. The second kappa shape index (κ2) is 17.9. The van der Waals surface area contributed by atoms with Gasteiger partial charge in [-0.25, -0.2) is 4.57 Å². The molecule has 18 nitrogen and oxygen atoms in total. The van der Waals surface area contributed by atoms with Crippen molar-refractivity contribution in [1.29, 1.82) is 0 Å². The van der Waals surface area contributed by atoms with Gasteiger partial charge in [0.1, 0.15) is 12.6 Å². The summed E-state index contributed by atoms with van der Waals surface area (Å²) in [5.41, 5.74) is -0.525. The number of benzene rings is 1. The van der Waals surface area contributed by atoms with Gasteiger partial charge in [0.25, 0.3) is 0 Å². The summed E-state index contributed by atoms with van der Waals surface area (Å²) in [7, 11) is -5.05. The SMILES string of the molecule is C[C@H](c1ccc(NC(=O)[C@H](CCC(=O)O)NC(=O)CNC(=O)CBr)cc1)n1ccc([C@@H]2O[C@@H]3C[C@H]4[C@@H]5CCC6=CC(=O)C=C[C@]6(C)[C@H]5[C@@H](O)C[C@]4(C)[C@]3(C(=O)COP(=O)(O)O)O2)c1. The number of halogens is 1. The Hall–Kier alpha value is -4.33. The van der Waals surface area contributed by atoms with Crippen LogP contribution in [0, 0.1) is 28.6 Å². The van der Waals surface area contributed by atoms with Gasteiger partial charge in [0, 0.05) is 46.8 Å². The lowest BCUT2D eigenvalue weighted by Gasteiger charge is -2.59. The Bertz CT molecular complexity index is 2280. The van der Waals surface area contributed by atoms with Gasteiger partial charge in [0.05, 0.1) is 30.1 Å². The van der Waals surface area contributed by atoms with Crippen molar-refractivity contribution in [3.8, 4) is 0 Å². The number of ketones is 2. The molecule has 3 amide bonds. The van der Waals surface area contributed by atoms with Crippen molar-refractivity contribution >= 4 is 64.7 Å². The van der Waals surface area contributed by atoms with Gasteiger partial charge in [-0.05, 0) is 86.8 Å². The van der Waals surface area contributed by atoms with Crippen LogP contribution in [0.4, 0.5) is 5.69 Å². The number of nitrogens with zero attached hydrogens (tertiary/aromatic N) is 1. The predicted molar refractivity (Wildman–Crippen MR) is 227 cm³/mol. The molecule has 2 heterocycles. The number of carbonyl (C=O) groups excluding carboxylic acids is 5. The third kappa shape index (κ3) is 9.03. The highest BCUT2D eigenvalue weighted by Crippen LogP contribution is 2.70. The number of carboxylic acid groups (broad SMARTS) is 1. The Balaban J connectivity index is 1.07. The molecular weight excluding hydrogens is 907 g/mol. The summed E-state index contributed by atoms with van der Waals surface area (Å²) in [4.78, 5) is 94.2. The molecule has 1 aliphatic heterocycles. The van der Waals surface area contributed by atoms with Crippen LogP contribution < -0.4 is 16.0 Å². The maximum absolute atomic E-state index is 14.4. The van der Waals surface area contributed by atoms with Crippen LogP contribution in [0.3, 0.4) is 0 Å². The second-order valence-electron chi connectivity index (χ2n) is 17.6. The lowest BCUT2D eigenvalue weighted by molar-refractivity contribution is -0.200. The lowest BCUT2D eigenvalue weighted by Crippen LogP contribution is -2.63. The van der Waals surface area contributed by atoms with E-state index in [1.54, 1.807) is 42.5 Å². The number of hydrogen-bond donors (Lipinski definition) is 7. The van der Waals surface area contributed by atoms with E-state index in [1.165, 1.54) is 0 Å². The molecule has 0 spiro atoms. The first kappa shape index (κ1) is 46.7. The number of ether oxygens (including phenoxy) is 2. The number of amides is 3. The number of alkyl halides is 1. The van der Waals surface area contributed by atoms with Crippen molar-refractivity contribution in [2.24, 2.45) is 28.6 Å². The fourth-order valence-electron chi connectivity index (χ4n) is 11.0. The number of aliphatic hydroxyl groups is 1. The third-order valence-corrected chi connectivity index (χ3v) is 15.0. The summed E-state index contributed by atoms with van der Waals surface area (Å²) in [6.07, 6.45) is 7.23. The number of carbonyl (C=O) groups is 6. The average Bonchev–Trinajstić information content (AvgIpc) is 3.93. The molecule has 4 fully saturated rings. The summed E-state index contributed by atoms with van der Waals surface area (Å²) in [6.45, 7) is 4.55. The molecule has 20 heteroatoms. The number of carboxylic acids is 1. The number of phosphoric ester groups is 1. The second-order valence-corrected chi connectivity index (χ2v) is 19.4. The van der Waals surface area contributed by atoms with Crippen molar-refractivity contribution in [2.45, 2.75) is 95.5 Å². The fraction of sp³-hybridized carbons (Fsp3) is 0.535. The van der Waals surface area contributed by atoms with Crippen LogP contribution >= 0.6 is 23.8 Å². The van der Waals surface area contributed by atoms with Crippen LogP contribution in [0.25, 0.3) is 0 Å². The molecule has 1 saturated heterocycles. The molecule has 1 aromatic carbocycles. The molecule has 11 atom stereocenters. The molecular formula is C43H52BrN4O14P. The van der Waals surface area contributed by atoms with Crippen LogP contribution in [0.15, 0.2) is 66.5 Å². The van der Waals surface area contributed by atoms with E-state index < -0.39 is 91.4 Å². The Morgan fingerprint density at radius 3 is 2.51 bits per heavy atom. The molecule has 0 radical (unpaired) electrons. The quantitative estimate of drug-likeness (QED) is 0.0937. The van der Waals surface area contributed by atoms with Gasteiger partial charge in [0.2, 0.25) is 17.7 Å². The molecule has 7 N–H and O–H groups in total. The number of hydrogen-bond acceptors (Lipinski definition) is 11. The normalized spacial score (nSPS) is 31.7. The van der Waals surface area contributed by atoms with E-state index >= 15 is 0 Å². The number of rotatable bonds is 16. The number of phosphoric acid groups is 1. The van der Waals surface area contributed by atoms with Crippen molar-refractivity contribution < 1.29 is 67.3 Å². The molecule has 0 unspecified atom stereocenters. The maximum atomic E-state index is 14.4. The number of allylic oxidation sites excluding steroid dienone is 4. The van der Waals surface area contributed by atoms with Gasteiger partial charge in [0.15, 0.2) is 23.5 Å². The zero-order valence-electron chi connectivity index (χ0n) is 34.9. The molecule has 4 aliphatic carbocycles. The fourth-order valence-corrected chi connectivity index (χ4v) is 11.5. The van der Waals surface area contributed by atoms with Crippen molar-refractivity contribution in [2.75, 3.05) is 23.8 Å². The number of nitrogens with one attached hydrogen (secondary N) is 3. The van der Waals surface area contributed by atoms with Crippen molar-refractivity contribution in [1.82, 2.24) is 15.2 Å². The first-order valence-corrected chi connectivity index (χ1v) is 23.4. The van der Waals surface area contributed by atoms with Gasteiger partial charge < -0.3 is 50.0 Å². The Kier molecular flexibility index (Phi) is 13.3. The van der Waals surface area contributed by atoms with Crippen LogP contribution in [0.1, 0.15) is 82.8 Å². The van der Waals surface area contributed by atoms with Gasteiger partial charge in [-0.1, -0.05) is 53.6 Å². The Morgan fingerprint density at radius 1 is 1.10 bits per heavy atom. The Morgan fingerprint density at radius 2 is 1.83 bits per heavy atom. The van der Waals surface area contributed by atoms with E-state index in [0.717, 1.165) is 11.1 Å². The van der Waals surface area contributed by atoms with E-state index in [0.29, 0.717) is 30.5 Å². The molecule has 0 bridgehead atoms. The van der Waals surface area contributed by atoms with Crippen molar-refractivity contribution in [3.05, 3.63) is 77.7 Å². The number of aliphatic carboxylic acids is 1. The summed E-state index contributed by atoms with van der Waals surface area (Å²) >= 11 is 2.98. The van der Waals surface area contributed by atoms with Gasteiger partial charge in [-0.2, -0.15) is 0 Å². The van der Waals surface area contributed by atoms with Crippen molar-refractivity contribution in [3.63, 3.8) is 0 Å². The van der Waals surface area contributed by atoms with Gasteiger partial charge in [-0.3, -0.25) is 33.3 Å².